The topological polar surface area (TPSA) is 48.1 Å². The highest BCUT2D eigenvalue weighted by atomic mass is 35.5. The van der Waals surface area contributed by atoms with Gasteiger partial charge < -0.3 is 10.5 Å². The Balaban J connectivity index is 0.00000242. The molecule has 3 nitrogen and oxygen atoms in total. The number of ether oxygens (including phenoxy) is 1. The number of halogens is 4. The molecule has 0 saturated carbocycles. The van der Waals surface area contributed by atoms with E-state index in [9.17, 15) is 13.2 Å². The molecule has 1 atom stereocenters. The highest BCUT2D eigenvalue weighted by Crippen LogP contribution is 2.24. The maximum absolute atomic E-state index is 14.0. The molecule has 1 unspecified atom stereocenters. The average Bonchev–Trinajstić information content (AvgIpc) is 2.47. The third kappa shape index (κ3) is 4.61. The second kappa shape index (κ2) is 7.47. The van der Waals surface area contributed by atoms with Gasteiger partial charge in [-0.25, -0.2) is 18.2 Å². The van der Waals surface area contributed by atoms with Gasteiger partial charge in [-0.3, -0.25) is 0 Å². The van der Waals surface area contributed by atoms with Crippen LogP contribution in [0.1, 0.15) is 6.92 Å². The van der Waals surface area contributed by atoms with Crippen LogP contribution in [0, 0.1) is 11.6 Å². The largest absolute Gasteiger partial charge is 0.490 e. The first-order chi connectivity index (χ1) is 9.91. The molecule has 0 aliphatic rings. The summed E-state index contributed by atoms with van der Waals surface area (Å²) in [5.74, 6) is -0.867. The van der Waals surface area contributed by atoms with Gasteiger partial charge >= 0.3 is 0 Å². The summed E-state index contributed by atoms with van der Waals surface area (Å²) in [4.78, 5) is 3.95. The van der Waals surface area contributed by atoms with Gasteiger partial charge in [-0.05, 0) is 31.2 Å². The van der Waals surface area contributed by atoms with Crippen molar-refractivity contribution in [3.8, 4) is 17.0 Å². The molecule has 1 heterocycles. The van der Waals surface area contributed by atoms with Crippen molar-refractivity contribution in [3.05, 3.63) is 48.2 Å². The van der Waals surface area contributed by atoms with Gasteiger partial charge in [-0.1, -0.05) is 0 Å². The fourth-order valence-electron chi connectivity index (χ4n) is 1.61. The number of aromatic nitrogens is 1. The van der Waals surface area contributed by atoms with Crippen LogP contribution in [0.2, 0.25) is 0 Å². The van der Waals surface area contributed by atoms with Crippen LogP contribution in [0.5, 0.6) is 5.75 Å². The summed E-state index contributed by atoms with van der Waals surface area (Å²) in [5, 5.41) is 0. The van der Waals surface area contributed by atoms with Gasteiger partial charge in [0.05, 0.1) is 11.7 Å². The van der Waals surface area contributed by atoms with Gasteiger partial charge in [0.25, 0.3) is 0 Å². The molecule has 2 rings (SSSR count). The van der Waals surface area contributed by atoms with Gasteiger partial charge in [0.1, 0.15) is 30.5 Å². The predicted molar refractivity (Wildman–Crippen MR) is 80.9 cm³/mol. The molecule has 2 aromatic rings. The normalized spacial score (nSPS) is 13.1. The Bertz CT molecular complexity index is 621. The van der Waals surface area contributed by atoms with E-state index in [1.807, 2.05) is 0 Å². The van der Waals surface area contributed by atoms with Crippen molar-refractivity contribution in [2.24, 2.45) is 5.73 Å². The van der Waals surface area contributed by atoms with E-state index in [2.05, 4.69) is 4.98 Å². The van der Waals surface area contributed by atoms with E-state index >= 15 is 0 Å². The molecule has 0 spiro atoms. The highest BCUT2D eigenvalue weighted by Gasteiger charge is 2.19. The van der Waals surface area contributed by atoms with Gasteiger partial charge in [0.2, 0.25) is 0 Å². The molecule has 0 aliphatic carbocycles. The van der Waals surface area contributed by atoms with Crippen molar-refractivity contribution in [2.75, 3.05) is 13.3 Å². The number of hydrogen-bond donors (Lipinski definition) is 1. The standard InChI is InChI=1S/C15H15F3N2O.ClH/c1-15(19,8-16)9-21-12-6-13(18)14(20-7-12)10-2-4-11(17)5-3-10;/h2-7H,8-9,19H2,1H3;1H. The van der Waals surface area contributed by atoms with E-state index in [0.717, 1.165) is 6.07 Å². The van der Waals surface area contributed by atoms with E-state index in [-0.39, 0.29) is 30.5 Å². The lowest BCUT2D eigenvalue weighted by Crippen LogP contribution is -2.44. The molecule has 0 bridgehead atoms. The maximum atomic E-state index is 14.0. The van der Waals surface area contributed by atoms with E-state index in [1.54, 1.807) is 0 Å². The number of pyridine rings is 1. The number of nitrogens with two attached hydrogens (primary N) is 1. The van der Waals surface area contributed by atoms with Crippen molar-refractivity contribution in [1.29, 1.82) is 0 Å². The second-order valence-corrected chi connectivity index (χ2v) is 5.08. The first-order valence-corrected chi connectivity index (χ1v) is 6.30. The smallest absolute Gasteiger partial charge is 0.153 e. The van der Waals surface area contributed by atoms with E-state index in [4.69, 9.17) is 10.5 Å². The Morgan fingerprint density at radius 2 is 1.86 bits per heavy atom. The zero-order chi connectivity index (χ0) is 15.5. The molecule has 120 valence electrons. The Morgan fingerprint density at radius 3 is 2.41 bits per heavy atom. The lowest BCUT2D eigenvalue weighted by Gasteiger charge is -2.20. The maximum Gasteiger partial charge on any atom is 0.153 e. The molecule has 0 saturated heterocycles. The minimum absolute atomic E-state index is 0. The first kappa shape index (κ1) is 18.3. The molecular weight excluding hydrogens is 317 g/mol. The zero-order valence-corrected chi connectivity index (χ0v) is 12.7. The van der Waals surface area contributed by atoms with Crippen molar-refractivity contribution in [3.63, 3.8) is 0 Å². The lowest BCUT2D eigenvalue weighted by atomic mass is 10.1. The Labute approximate surface area is 132 Å². The number of nitrogens with zero attached hydrogens (tertiary/aromatic N) is 1. The quantitative estimate of drug-likeness (QED) is 0.911. The molecule has 0 aliphatic heterocycles. The lowest BCUT2D eigenvalue weighted by molar-refractivity contribution is 0.196. The summed E-state index contributed by atoms with van der Waals surface area (Å²) >= 11 is 0. The van der Waals surface area contributed by atoms with E-state index in [1.165, 1.54) is 37.4 Å². The number of benzene rings is 1. The van der Waals surface area contributed by atoms with Crippen molar-refractivity contribution >= 4 is 12.4 Å². The van der Waals surface area contributed by atoms with Crippen LogP contribution in [-0.2, 0) is 0 Å². The van der Waals surface area contributed by atoms with Crippen molar-refractivity contribution in [1.82, 2.24) is 4.98 Å². The fraction of sp³-hybridized carbons (Fsp3) is 0.267. The Kier molecular flexibility index (Phi) is 6.20. The predicted octanol–water partition coefficient (Wildman–Crippen LogP) is 3.51. The van der Waals surface area contributed by atoms with Crippen LogP contribution < -0.4 is 10.5 Å². The van der Waals surface area contributed by atoms with Crippen LogP contribution in [0.3, 0.4) is 0 Å². The van der Waals surface area contributed by atoms with Gasteiger partial charge in [-0.2, -0.15) is 0 Å². The van der Waals surface area contributed by atoms with Gasteiger partial charge in [0, 0.05) is 11.6 Å². The second-order valence-electron chi connectivity index (χ2n) is 5.08. The zero-order valence-electron chi connectivity index (χ0n) is 11.9. The van der Waals surface area contributed by atoms with Crippen LogP contribution in [-0.4, -0.2) is 23.8 Å². The Morgan fingerprint density at radius 1 is 1.23 bits per heavy atom. The fourth-order valence-corrected chi connectivity index (χ4v) is 1.61. The molecule has 7 heteroatoms. The summed E-state index contributed by atoms with van der Waals surface area (Å²) in [6.45, 7) is 0.640. The summed E-state index contributed by atoms with van der Waals surface area (Å²) in [6.07, 6.45) is 1.32. The van der Waals surface area contributed by atoms with E-state index in [0.29, 0.717) is 5.56 Å². The number of alkyl halides is 1. The van der Waals surface area contributed by atoms with Crippen LogP contribution in [0.15, 0.2) is 36.5 Å². The molecule has 2 N–H and O–H groups in total. The molecular formula is C15H16ClF3N2O. The SMILES string of the molecule is CC(N)(CF)COc1cnc(-c2ccc(F)cc2)c(F)c1.Cl. The Hall–Kier alpha value is -1.79. The monoisotopic (exact) mass is 332 g/mol. The summed E-state index contributed by atoms with van der Waals surface area (Å²) < 4.78 is 44.6. The first-order valence-electron chi connectivity index (χ1n) is 6.30. The van der Waals surface area contributed by atoms with Crippen molar-refractivity contribution in [2.45, 2.75) is 12.5 Å². The average molecular weight is 333 g/mol. The summed E-state index contributed by atoms with van der Waals surface area (Å²) in [5.41, 5.74) is 4.99. The summed E-state index contributed by atoms with van der Waals surface area (Å²) in [6, 6.07) is 6.45. The minimum atomic E-state index is -1.13. The molecule has 22 heavy (non-hydrogen) atoms. The van der Waals surface area contributed by atoms with Gasteiger partial charge in [-0.15, -0.1) is 12.4 Å². The summed E-state index contributed by atoms with van der Waals surface area (Å²) in [7, 11) is 0. The molecule has 1 aromatic carbocycles. The molecule has 0 amide bonds. The number of hydrogen-bond acceptors (Lipinski definition) is 3. The molecule has 0 fully saturated rings. The van der Waals surface area contributed by atoms with Crippen molar-refractivity contribution < 1.29 is 17.9 Å². The van der Waals surface area contributed by atoms with Crippen LogP contribution in [0.25, 0.3) is 11.3 Å². The third-order valence-corrected chi connectivity index (χ3v) is 2.81. The minimum Gasteiger partial charge on any atom is -0.490 e. The van der Waals surface area contributed by atoms with E-state index < -0.39 is 23.8 Å². The molecule has 1 aromatic heterocycles. The molecule has 0 radical (unpaired) electrons. The third-order valence-electron chi connectivity index (χ3n) is 2.81. The number of rotatable bonds is 5. The van der Waals surface area contributed by atoms with Gasteiger partial charge in [0.15, 0.2) is 5.82 Å². The van der Waals surface area contributed by atoms with Crippen LogP contribution >= 0.6 is 12.4 Å². The highest BCUT2D eigenvalue weighted by molar-refractivity contribution is 5.85. The van der Waals surface area contributed by atoms with Crippen LogP contribution in [0.4, 0.5) is 13.2 Å².